The summed E-state index contributed by atoms with van der Waals surface area (Å²) < 4.78 is 5.32. The van der Waals surface area contributed by atoms with Gasteiger partial charge in [0.15, 0.2) is 5.82 Å². The molecule has 1 saturated carbocycles. The van der Waals surface area contributed by atoms with E-state index in [-0.39, 0.29) is 0 Å². The van der Waals surface area contributed by atoms with E-state index in [0.717, 1.165) is 38.8 Å². The molecular formula is C15H27N5O. The second-order valence-electron chi connectivity index (χ2n) is 6.98. The number of hydrogen-bond donors (Lipinski definition) is 1. The molecule has 1 aliphatic carbocycles. The zero-order valence-electron chi connectivity index (χ0n) is 13.2. The normalized spacial score (nSPS) is 23.0. The van der Waals surface area contributed by atoms with Crippen molar-refractivity contribution in [3.63, 3.8) is 0 Å². The summed E-state index contributed by atoms with van der Waals surface area (Å²) in [4.78, 5) is 9.47. The number of hydrogen-bond acceptors (Lipinski definition) is 6. The molecule has 2 N–H and O–H groups in total. The Balaban J connectivity index is 1.50. The van der Waals surface area contributed by atoms with E-state index in [0.29, 0.717) is 11.7 Å². The van der Waals surface area contributed by atoms with Crippen molar-refractivity contribution in [2.45, 2.75) is 57.7 Å². The van der Waals surface area contributed by atoms with Crippen LogP contribution in [-0.2, 0) is 12.1 Å². The average Bonchev–Trinajstić information content (AvgIpc) is 3.09. The molecule has 6 heteroatoms. The molecule has 0 bridgehead atoms. The van der Waals surface area contributed by atoms with Gasteiger partial charge in [-0.2, -0.15) is 4.98 Å². The van der Waals surface area contributed by atoms with Crippen LogP contribution >= 0.6 is 0 Å². The number of nitrogens with two attached hydrogens (primary N) is 1. The minimum Gasteiger partial charge on any atom is -0.338 e. The highest BCUT2D eigenvalue weighted by Crippen LogP contribution is 2.24. The monoisotopic (exact) mass is 293 g/mol. The molecule has 118 valence electrons. The maximum atomic E-state index is 5.99. The van der Waals surface area contributed by atoms with Crippen LogP contribution in [0.1, 0.15) is 51.2 Å². The minimum atomic E-state index is -0.539. The summed E-state index contributed by atoms with van der Waals surface area (Å²) >= 11 is 0. The lowest BCUT2D eigenvalue weighted by molar-refractivity contribution is 0.0868. The maximum Gasteiger partial charge on any atom is 0.240 e. The van der Waals surface area contributed by atoms with Gasteiger partial charge in [0, 0.05) is 32.2 Å². The van der Waals surface area contributed by atoms with Crippen LogP contribution in [-0.4, -0.2) is 52.2 Å². The van der Waals surface area contributed by atoms with Gasteiger partial charge in [-0.1, -0.05) is 18.0 Å². The van der Waals surface area contributed by atoms with Crippen molar-refractivity contribution in [1.29, 1.82) is 0 Å². The molecular weight excluding hydrogens is 266 g/mol. The zero-order chi connectivity index (χ0) is 14.9. The molecule has 1 aromatic heterocycles. The number of nitrogens with zero attached hydrogens (tertiary/aromatic N) is 4. The highest BCUT2D eigenvalue weighted by Gasteiger charge is 2.27. The van der Waals surface area contributed by atoms with Crippen molar-refractivity contribution in [2.24, 2.45) is 5.73 Å². The van der Waals surface area contributed by atoms with E-state index in [4.69, 9.17) is 10.3 Å². The van der Waals surface area contributed by atoms with Gasteiger partial charge < -0.3 is 10.3 Å². The largest absolute Gasteiger partial charge is 0.338 e. The average molecular weight is 293 g/mol. The van der Waals surface area contributed by atoms with Crippen LogP contribution in [0.25, 0.3) is 0 Å². The minimum absolute atomic E-state index is 0.539. The van der Waals surface area contributed by atoms with Crippen molar-refractivity contribution in [3.05, 3.63) is 11.7 Å². The van der Waals surface area contributed by atoms with Gasteiger partial charge in [0.2, 0.25) is 5.89 Å². The number of piperazine rings is 1. The SMILES string of the molecule is CC(C)(N)c1noc(CN2CCN(C3CCCC3)CC2)n1. The summed E-state index contributed by atoms with van der Waals surface area (Å²) in [5.74, 6) is 1.26. The topological polar surface area (TPSA) is 71.4 Å². The van der Waals surface area contributed by atoms with Gasteiger partial charge in [0.05, 0.1) is 12.1 Å². The molecule has 3 rings (SSSR count). The molecule has 1 saturated heterocycles. The fourth-order valence-electron chi connectivity index (χ4n) is 3.33. The van der Waals surface area contributed by atoms with Gasteiger partial charge in [-0.25, -0.2) is 0 Å². The molecule has 0 aromatic carbocycles. The molecule has 0 radical (unpaired) electrons. The van der Waals surface area contributed by atoms with E-state index in [9.17, 15) is 0 Å². The van der Waals surface area contributed by atoms with Gasteiger partial charge in [-0.3, -0.25) is 9.80 Å². The van der Waals surface area contributed by atoms with E-state index in [2.05, 4.69) is 19.9 Å². The first-order valence-corrected chi connectivity index (χ1v) is 8.11. The van der Waals surface area contributed by atoms with E-state index < -0.39 is 5.54 Å². The summed E-state index contributed by atoms with van der Waals surface area (Å²) in [6.07, 6.45) is 5.59. The molecule has 2 heterocycles. The first-order chi connectivity index (χ1) is 10.0. The van der Waals surface area contributed by atoms with Crippen molar-refractivity contribution in [2.75, 3.05) is 26.2 Å². The summed E-state index contributed by atoms with van der Waals surface area (Å²) in [5, 5.41) is 3.98. The quantitative estimate of drug-likeness (QED) is 0.903. The highest BCUT2D eigenvalue weighted by atomic mass is 16.5. The Morgan fingerprint density at radius 3 is 2.43 bits per heavy atom. The second kappa shape index (κ2) is 6.02. The van der Waals surface area contributed by atoms with Crippen molar-refractivity contribution in [1.82, 2.24) is 19.9 Å². The Bertz CT molecular complexity index is 453. The molecule has 2 fully saturated rings. The number of aromatic nitrogens is 2. The molecule has 0 spiro atoms. The van der Waals surface area contributed by atoms with Crippen molar-refractivity contribution < 1.29 is 4.52 Å². The standard InChI is InChI=1S/C15H27N5O/c1-15(2,16)14-17-13(21-18-14)11-19-7-9-20(10-8-19)12-5-3-4-6-12/h12H,3-11,16H2,1-2H3. The zero-order valence-corrected chi connectivity index (χ0v) is 13.2. The molecule has 0 atom stereocenters. The number of rotatable bonds is 4. The van der Waals surface area contributed by atoms with Crippen LogP contribution in [0.2, 0.25) is 0 Å². The lowest BCUT2D eigenvalue weighted by Gasteiger charge is -2.37. The van der Waals surface area contributed by atoms with E-state index >= 15 is 0 Å². The van der Waals surface area contributed by atoms with E-state index in [1.54, 1.807) is 0 Å². The first kappa shape index (κ1) is 14.9. The lowest BCUT2D eigenvalue weighted by atomic mass is 10.1. The van der Waals surface area contributed by atoms with Crippen LogP contribution in [0, 0.1) is 0 Å². The third-order valence-electron chi connectivity index (χ3n) is 4.65. The summed E-state index contributed by atoms with van der Waals surface area (Å²) in [7, 11) is 0. The fourth-order valence-corrected chi connectivity index (χ4v) is 3.33. The third kappa shape index (κ3) is 3.62. The van der Waals surface area contributed by atoms with Crippen LogP contribution in [0.15, 0.2) is 4.52 Å². The molecule has 6 nitrogen and oxygen atoms in total. The second-order valence-corrected chi connectivity index (χ2v) is 6.98. The van der Waals surface area contributed by atoms with Crippen molar-refractivity contribution in [3.8, 4) is 0 Å². The van der Waals surface area contributed by atoms with E-state index in [1.165, 1.54) is 25.7 Å². The van der Waals surface area contributed by atoms with E-state index in [1.807, 2.05) is 13.8 Å². The third-order valence-corrected chi connectivity index (χ3v) is 4.65. The lowest BCUT2D eigenvalue weighted by Crippen LogP contribution is -2.49. The predicted molar refractivity (Wildman–Crippen MR) is 80.6 cm³/mol. The van der Waals surface area contributed by atoms with Gasteiger partial charge >= 0.3 is 0 Å². The molecule has 0 unspecified atom stereocenters. The molecule has 0 amide bonds. The Hall–Kier alpha value is -0.980. The van der Waals surface area contributed by atoms with Crippen LogP contribution in [0.4, 0.5) is 0 Å². The van der Waals surface area contributed by atoms with Crippen LogP contribution in [0.5, 0.6) is 0 Å². The smallest absolute Gasteiger partial charge is 0.240 e. The maximum absolute atomic E-state index is 5.99. The highest BCUT2D eigenvalue weighted by molar-refractivity contribution is 4.99. The fraction of sp³-hybridized carbons (Fsp3) is 0.867. The molecule has 2 aliphatic rings. The molecule has 1 aliphatic heterocycles. The first-order valence-electron chi connectivity index (χ1n) is 8.11. The van der Waals surface area contributed by atoms with Gasteiger partial charge in [-0.15, -0.1) is 0 Å². The Kier molecular flexibility index (Phi) is 4.28. The van der Waals surface area contributed by atoms with Crippen LogP contribution in [0.3, 0.4) is 0 Å². The summed E-state index contributed by atoms with van der Waals surface area (Å²) in [6, 6.07) is 0.834. The van der Waals surface area contributed by atoms with Gasteiger partial charge in [0.25, 0.3) is 0 Å². The Morgan fingerprint density at radius 1 is 1.19 bits per heavy atom. The molecule has 1 aromatic rings. The van der Waals surface area contributed by atoms with Gasteiger partial charge in [-0.05, 0) is 26.7 Å². The summed E-state index contributed by atoms with van der Waals surface area (Å²) in [6.45, 7) is 9.01. The predicted octanol–water partition coefficient (Wildman–Crippen LogP) is 1.32. The molecule has 21 heavy (non-hydrogen) atoms. The van der Waals surface area contributed by atoms with Crippen molar-refractivity contribution >= 4 is 0 Å². The Morgan fingerprint density at radius 2 is 1.86 bits per heavy atom. The summed E-state index contributed by atoms with van der Waals surface area (Å²) in [5.41, 5.74) is 5.45. The van der Waals surface area contributed by atoms with Crippen LogP contribution < -0.4 is 5.73 Å². The van der Waals surface area contributed by atoms with Gasteiger partial charge in [0.1, 0.15) is 0 Å². The Labute approximate surface area is 126 Å².